The molecule has 2 aromatic carbocycles. The van der Waals surface area contributed by atoms with Gasteiger partial charge in [-0.05, 0) is 36.8 Å². The number of hydrogen-bond donors (Lipinski definition) is 3. The van der Waals surface area contributed by atoms with Crippen molar-refractivity contribution < 1.29 is 27.5 Å². The van der Waals surface area contributed by atoms with Gasteiger partial charge in [0.25, 0.3) is 0 Å². The van der Waals surface area contributed by atoms with Gasteiger partial charge in [0.2, 0.25) is 0 Å². The molecule has 2 unspecified atom stereocenters. The Kier molecular flexibility index (Phi) is 5.40. The van der Waals surface area contributed by atoms with Crippen molar-refractivity contribution in [1.82, 2.24) is 5.32 Å². The molecule has 24 heavy (non-hydrogen) atoms. The highest BCUT2D eigenvalue weighted by Gasteiger charge is 2.20. The van der Waals surface area contributed by atoms with Crippen molar-refractivity contribution in [3.63, 3.8) is 0 Å². The maximum Gasteiger partial charge on any atom is 0.319 e. The van der Waals surface area contributed by atoms with Crippen molar-refractivity contribution in [3.05, 3.63) is 65.2 Å². The molecule has 2 atom stereocenters. The first-order chi connectivity index (χ1) is 11.3. The first-order valence-corrected chi connectivity index (χ1v) is 6.93. The molecular weight excluding hydrogens is 328 g/mol. The fraction of sp³-hybridized carbons (Fsp3) is 0.188. The van der Waals surface area contributed by atoms with Gasteiger partial charge in [0.1, 0.15) is 0 Å². The number of anilines is 1. The Morgan fingerprint density at radius 1 is 0.958 bits per heavy atom. The monoisotopic (exact) mass is 342 g/mol. The zero-order chi connectivity index (χ0) is 17.9. The van der Waals surface area contributed by atoms with E-state index in [0.717, 1.165) is 30.3 Å². The number of benzene rings is 2. The molecule has 2 aromatic rings. The van der Waals surface area contributed by atoms with Crippen LogP contribution in [0.2, 0.25) is 0 Å². The van der Waals surface area contributed by atoms with Gasteiger partial charge in [-0.3, -0.25) is 0 Å². The quantitative estimate of drug-likeness (QED) is 0.745. The number of carbonyl (C=O) groups excluding carboxylic acids is 1. The fourth-order valence-corrected chi connectivity index (χ4v) is 2.01. The second-order valence-corrected chi connectivity index (χ2v) is 5.13. The lowest BCUT2D eigenvalue weighted by Gasteiger charge is -2.21. The third-order valence-corrected chi connectivity index (χ3v) is 3.30. The van der Waals surface area contributed by atoms with Crippen LogP contribution in [0.25, 0.3) is 0 Å². The zero-order valence-electron chi connectivity index (χ0n) is 12.5. The van der Waals surface area contributed by atoms with Gasteiger partial charge in [-0.25, -0.2) is 22.4 Å². The van der Waals surface area contributed by atoms with Crippen molar-refractivity contribution in [2.24, 2.45) is 0 Å². The minimum Gasteiger partial charge on any atom is -0.386 e. The molecule has 0 bridgehead atoms. The Labute approximate surface area is 135 Å². The topological polar surface area (TPSA) is 61.4 Å². The second kappa shape index (κ2) is 7.31. The molecule has 0 saturated heterocycles. The number of rotatable bonds is 4. The molecule has 128 valence electrons. The van der Waals surface area contributed by atoms with Crippen LogP contribution < -0.4 is 10.6 Å². The van der Waals surface area contributed by atoms with Gasteiger partial charge in [-0.15, -0.1) is 0 Å². The van der Waals surface area contributed by atoms with Crippen LogP contribution in [0, 0.1) is 23.3 Å². The highest BCUT2D eigenvalue weighted by molar-refractivity contribution is 5.89. The molecule has 0 fully saturated rings. The van der Waals surface area contributed by atoms with E-state index in [1.54, 1.807) is 0 Å². The minimum atomic E-state index is -1.30. The molecule has 0 aliphatic rings. The molecule has 4 nitrogen and oxygen atoms in total. The summed E-state index contributed by atoms with van der Waals surface area (Å²) < 4.78 is 51.9. The molecule has 2 rings (SSSR count). The third kappa shape index (κ3) is 4.23. The van der Waals surface area contributed by atoms with Gasteiger partial charge in [-0.2, -0.15) is 0 Å². The van der Waals surface area contributed by atoms with Crippen molar-refractivity contribution in [3.8, 4) is 0 Å². The van der Waals surface area contributed by atoms with Gasteiger partial charge >= 0.3 is 6.03 Å². The molecule has 0 saturated carbocycles. The van der Waals surface area contributed by atoms with Gasteiger partial charge in [-0.1, -0.05) is 6.07 Å². The van der Waals surface area contributed by atoms with Crippen LogP contribution in [0.15, 0.2) is 36.4 Å². The second-order valence-electron chi connectivity index (χ2n) is 5.13. The highest BCUT2D eigenvalue weighted by Crippen LogP contribution is 2.19. The predicted molar refractivity (Wildman–Crippen MR) is 79.3 cm³/mol. The van der Waals surface area contributed by atoms with E-state index in [9.17, 15) is 27.5 Å². The van der Waals surface area contributed by atoms with Crippen LogP contribution in [-0.2, 0) is 0 Å². The number of urea groups is 1. The molecule has 8 heteroatoms. The maximum absolute atomic E-state index is 13.2. The average molecular weight is 342 g/mol. The zero-order valence-corrected chi connectivity index (χ0v) is 12.5. The lowest BCUT2D eigenvalue weighted by Crippen LogP contribution is -2.39. The van der Waals surface area contributed by atoms with Crippen molar-refractivity contribution in [2.45, 2.75) is 19.1 Å². The average Bonchev–Trinajstić information content (AvgIpc) is 2.52. The Morgan fingerprint density at radius 3 is 2.12 bits per heavy atom. The molecule has 0 aliphatic heterocycles. The van der Waals surface area contributed by atoms with Gasteiger partial charge < -0.3 is 15.7 Å². The molecule has 2 amide bonds. The standard InChI is InChI=1S/C16H14F4N2O2/c1-8(15(23)9-2-4-11(17)13(19)6-9)21-16(24)22-10-3-5-12(18)14(20)7-10/h2-8,15,23H,1H3,(H2,21,22,24). The number of amides is 2. The predicted octanol–water partition coefficient (Wildman–Crippen LogP) is 3.49. The largest absolute Gasteiger partial charge is 0.386 e. The Morgan fingerprint density at radius 2 is 1.54 bits per heavy atom. The Bertz CT molecular complexity index is 755. The summed E-state index contributed by atoms with van der Waals surface area (Å²) >= 11 is 0. The van der Waals surface area contributed by atoms with E-state index in [2.05, 4.69) is 10.6 Å². The normalized spacial score (nSPS) is 13.2. The molecule has 3 N–H and O–H groups in total. The van der Waals surface area contributed by atoms with Crippen LogP contribution in [0.3, 0.4) is 0 Å². The first kappa shape index (κ1) is 17.7. The molecule has 0 aromatic heterocycles. The van der Waals surface area contributed by atoms with E-state index in [-0.39, 0.29) is 11.3 Å². The SMILES string of the molecule is CC(NC(=O)Nc1ccc(F)c(F)c1)C(O)c1ccc(F)c(F)c1. The van der Waals surface area contributed by atoms with Crippen LogP contribution in [0.5, 0.6) is 0 Å². The summed E-state index contributed by atoms with van der Waals surface area (Å²) in [4.78, 5) is 11.8. The van der Waals surface area contributed by atoms with E-state index < -0.39 is 41.4 Å². The van der Waals surface area contributed by atoms with Crippen LogP contribution in [0.4, 0.5) is 28.0 Å². The third-order valence-electron chi connectivity index (χ3n) is 3.30. The number of nitrogens with one attached hydrogen (secondary N) is 2. The van der Waals surface area contributed by atoms with Crippen molar-refractivity contribution >= 4 is 11.7 Å². The van der Waals surface area contributed by atoms with Gasteiger partial charge in [0, 0.05) is 11.8 Å². The number of carbonyl (C=O) groups is 1. The van der Waals surface area contributed by atoms with Gasteiger partial charge in [0.05, 0.1) is 12.1 Å². The van der Waals surface area contributed by atoms with Gasteiger partial charge in [0.15, 0.2) is 23.3 Å². The summed E-state index contributed by atoms with van der Waals surface area (Å²) in [7, 11) is 0. The van der Waals surface area contributed by atoms with E-state index >= 15 is 0 Å². The summed E-state index contributed by atoms with van der Waals surface area (Å²) in [5.74, 6) is -4.35. The first-order valence-electron chi connectivity index (χ1n) is 6.93. The molecule has 0 heterocycles. The molecular formula is C16H14F4N2O2. The van der Waals surface area contributed by atoms with E-state index in [0.29, 0.717) is 0 Å². The summed E-state index contributed by atoms with van der Waals surface area (Å²) in [6, 6.07) is 4.04. The number of hydrogen-bond acceptors (Lipinski definition) is 2. The number of halogens is 4. The van der Waals surface area contributed by atoms with Crippen LogP contribution in [-0.4, -0.2) is 17.2 Å². The minimum absolute atomic E-state index is 0.0147. The van der Waals surface area contributed by atoms with Crippen molar-refractivity contribution in [2.75, 3.05) is 5.32 Å². The number of aliphatic hydroxyl groups excluding tert-OH is 1. The molecule has 0 aliphatic carbocycles. The van der Waals surface area contributed by atoms with Crippen LogP contribution in [0.1, 0.15) is 18.6 Å². The van der Waals surface area contributed by atoms with Crippen molar-refractivity contribution in [1.29, 1.82) is 0 Å². The summed E-state index contributed by atoms with van der Waals surface area (Å²) in [6.45, 7) is 1.44. The van der Waals surface area contributed by atoms with E-state index in [1.165, 1.54) is 13.0 Å². The Balaban J connectivity index is 1.99. The molecule has 0 spiro atoms. The van der Waals surface area contributed by atoms with Crippen LogP contribution >= 0.6 is 0 Å². The summed E-state index contributed by atoms with van der Waals surface area (Å²) in [5, 5.41) is 14.7. The number of aliphatic hydroxyl groups is 1. The lowest BCUT2D eigenvalue weighted by molar-refractivity contribution is 0.138. The van der Waals surface area contributed by atoms with E-state index in [1.807, 2.05) is 0 Å². The summed E-state index contributed by atoms with van der Waals surface area (Å²) in [5.41, 5.74) is 0.0930. The lowest BCUT2D eigenvalue weighted by atomic mass is 10.0. The smallest absolute Gasteiger partial charge is 0.319 e. The maximum atomic E-state index is 13.2. The fourth-order valence-electron chi connectivity index (χ4n) is 2.01. The molecule has 0 radical (unpaired) electrons. The highest BCUT2D eigenvalue weighted by atomic mass is 19.2. The van der Waals surface area contributed by atoms with E-state index in [4.69, 9.17) is 0 Å². The summed E-state index contributed by atoms with van der Waals surface area (Å²) in [6.07, 6.45) is -1.30. The Hall–Kier alpha value is -2.61.